The molecule has 0 aliphatic rings. The lowest BCUT2D eigenvalue weighted by atomic mass is 9.99. The van der Waals surface area contributed by atoms with E-state index in [1.165, 1.54) is 7.11 Å². The molecule has 0 aliphatic carbocycles. The Balaban J connectivity index is 1.97. The zero-order chi connectivity index (χ0) is 21.9. The van der Waals surface area contributed by atoms with E-state index >= 15 is 0 Å². The maximum absolute atomic E-state index is 9.91. The first-order chi connectivity index (χ1) is 14.2. The molecule has 6 nitrogen and oxygen atoms in total. The minimum absolute atomic E-state index is 0.0784. The summed E-state index contributed by atoms with van der Waals surface area (Å²) in [6, 6.07) is 13.0. The van der Waals surface area contributed by atoms with Crippen molar-refractivity contribution in [3.63, 3.8) is 0 Å². The minimum atomic E-state index is -0.634. The second kappa shape index (κ2) is 8.98. The van der Waals surface area contributed by atoms with Crippen LogP contribution in [0.15, 0.2) is 42.5 Å². The average molecular weight is 428 g/mol. The molecule has 7 heteroatoms. The van der Waals surface area contributed by atoms with Crippen LogP contribution in [0.2, 0.25) is 5.02 Å². The Morgan fingerprint density at radius 1 is 1.00 bits per heavy atom. The number of hydrogen-bond donors (Lipinski definition) is 1. The summed E-state index contributed by atoms with van der Waals surface area (Å²) in [6.45, 7) is 8.68. The van der Waals surface area contributed by atoms with Crippen molar-refractivity contribution in [2.75, 3.05) is 13.7 Å². The van der Waals surface area contributed by atoms with Gasteiger partial charge < -0.3 is 14.6 Å². The van der Waals surface area contributed by atoms with Gasteiger partial charge in [-0.25, -0.2) is 4.98 Å². The highest BCUT2D eigenvalue weighted by Gasteiger charge is 2.16. The number of nitrogens with zero attached hydrogens (tertiary/aromatic N) is 3. The molecule has 0 amide bonds. The number of hydrogen-bond acceptors (Lipinski definition) is 6. The van der Waals surface area contributed by atoms with E-state index in [1.807, 2.05) is 24.3 Å². The van der Waals surface area contributed by atoms with Crippen molar-refractivity contribution in [3.8, 4) is 34.5 Å². The first kappa shape index (κ1) is 22.0. The topological polar surface area (TPSA) is 77.4 Å². The van der Waals surface area contributed by atoms with E-state index in [1.54, 1.807) is 25.1 Å². The highest BCUT2D eigenvalue weighted by atomic mass is 35.5. The third-order valence-electron chi connectivity index (χ3n) is 4.30. The van der Waals surface area contributed by atoms with Crippen molar-refractivity contribution < 1.29 is 14.6 Å². The summed E-state index contributed by atoms with van der Waals surface area (Å²) in [4.78, 5) is 13.3. The number of aliphatic hydroxyl groups excluding tert-OH is 1. The lowest BCUT2D eigenvalue weighted by molar-refractivity contribution is 0.198. The van der Waals surface area contributed by atoms with Gasteiger partial charge in [0.2, 0.25) is 0 Å². The fraction of sp³-hybridized carbons (Fsp3) is 0.348. The zero-order valence-corrected chi connectivity index (χ0v) is 18.6. The molecule has 1 heterocycles. The van der Waals surface area contributed by atoms with Crippen LogP contribution in [0, 0.1) is 5.41 Å². The van der Waals surface area contributed by atoms with Crippen LogP contribution < -0.4 is 9.47 Å². The van der Waals surface area contributed by atoms with Crippen LogP contribution in [0.1, 0.15) is 39.4 Å². The van der Waals surface area contributed by atoms with Gasteiger partial charge in [0.05, 0.1) is 24.8 Å². The summed E-state index contributed by atoms with van der Waals surface area (Å²) in [5, 5.41) is 10.4. The largest absolute Gasteiger partial charge is 0.493 e. The molecular formula is C23H26ClN3O3. The van der Waals surface area contributed by atoms with Crippen LogP contribution in [-0.4, -0.2) is 33.8 Å². The second-order valence-electron chi connectivity index (χ2n) is 8.26. The number of aromatic nitrogens is 3. The Morgan fingerprint density at radius 2 is 1.67 bits per heavy atom. The third kappa shape index (κ3) is 5.46. The van der Waals surface area contributed by atoms with Gasteiger partial charge in [0.25, 0.3) is 0 Å². The molecule has 0 aliphatic heterocycles. The Labute approximate surface area is 181 Å². The Hall–Kier alpha value is -2.70. The van der Waals surface area contributed by atoms with E-state index in [9.17, 15) is 5.11 Å². The summed E-state index contributed by atoms with van der Waals surface area (Å²) in [7, 11) is 1.50. The number of ether oxygens (including phenoxy) is 2. The molecule has 30 heavy (non-hydrogen) atoms. The molecule has 1 N–H and O–H groups in total. The van der Waals surface area contributed by atoms with Crippen molar-refractivity contribution in [1.29, 1.82) is 0 Å². The number of aliphatic hydroxyl groups is 1. The SMILES string of the molecule is COc1nc(-c2ccc(OCC(C)(C)C)cc2)nc(-c2cc(C(C)O)ccc2Cl)n1. The van der Waals surface area contributed by atoms with Crippen LogP contribution in [0.25, 0.3) is 22.8 Å². The molecule has 0 bridgehead atoms. The number of rotatable bonds is 6. The Morgan fingerprint density at radius 3 is 2.27 bits per heavy atom. The molecule has 0 spiro atoms. The van der Waals surface area contributed by atoms with Crippen molar-refractivity contribution in [3.05, 3.63) is 53.1 Å². The standard InChI is InChI=1S/C23H26ClN3O3/c1-14(28)16-8-11-19(24)18(12-16)21-25-20(26-22(27-21)29-5)15-6-9-17(10-7-15)30-13-23(2,3)4/h6-12,14,28H,13H2,1-5H3. The van der Waals surface area contributed by atoms with Gasteiger partial charge in [0.15, 0.2) is 11.6 Å². The highest BCUT2D eigenvalue weighted by molar-refractivity contribution is 6.33. The maximum atomic E-state index is 9.91. The van der Waals surface area contributed by atoms with Gasteiger partial charge in [-0.1, -0.05) is 38.4 Å². The number of benzene rings is 2. The van der Waals surface area contributed by atoms with E-state index in [-0.39, 0.29) is 11.4 Å². The molecule has 158 valence electrons. The number of halogens is 1. The number of methoxy groups -OCH3 is 1. The van der Waals surface area contributed by atoms with E-state index in [2.05, 4.69) is 35.7 Å². The fourth-order valence-corrected chi connectivity index (χ4v) is 2.87. The van der Waals surface area contributed by atoms with Gasteiger partial charge in [-0.05, 0) is 54.3 Å². The molecule has 3 rings (SSSR count). The predicted molar refractivity (Wildman–Crippen MR) is 118 cm³/mol. The smallest absolute Gasteiger partial charge is 0.320 e. The quantitative estimate of drug-likeness (QED) is 0.571. The van der Waals surface area contributed by atoms with E-state index in [0.717, 1.165) is 16.9 Å². The van der Waals surface area contributed by atoms with Crippen LogP contribution in [-0.2, 0) is 0 Å². The highest BCUT2D eigenvalue weighted by Crippen LogP contribution is 2.31. The van der Waals surface area contributed by atoms with Gasteiger partial charge in [-0.3, -0.25) is 0 Å². The van der Waals surface area contributed by atoms with Gasteiger partial charge in [0.1, 0.15) is 5.75 Å². The van der Waals surface area contributed by atoms with E-state index < -0.39 is 6.10 Å². The molecule has 0 saturated carbocycles. The Bertz CT molecular complexity index is 1020. The van der Waals surface area contributed by atoms with Gasteiger partial charge >= 0.3 is 6.01 Å². The van der Waals surface area contributed by atoms with Crippen molar-refractivity contribution in [2.24, 2.45) is 5.41 Å². The summed E-state index contributed by atoms with van der Waals surface area (Å²) >= 11 is 6.38. The molecule has 1 unspecified atom stereocenters. The molecular weight excluding hydrogens is 402 g/mol. The van der Waals surface area contributed by atoms with Crippen molar-refractivity contribution in [2.45, 2.75) is 33.8 Å². The van der Waals surface area contributed by atoms with Crippen molar-refractivity contribution >= 4 is 11.6 Å². The first-order valence-electron chi connectivity index (χ1n) is 9.67. The molecule has 0 saturated heterocycles. The third-order valence-corrected chi connectivity index (χ3v) is 4.63. The summed E-state index contributed by atoms with van der Waals surface area (Å²) in [5.74, 6) is 1.61. The molecule has 1 atom stereocenters. The monoisotopic (exact) mass is 427 g/mol. The molecule has 1 aromatic heterocycles. The normalized spacial score (nSPS) is 12.5. The lowest BCUT2D eigenvalue weighted by Gasteiger charge is -2.18. The minimum Gasteiger partial charge on any atom is -0.493 e. The van der Waals surface area contributed by atoms with E-state index in [4.69, 9.17) is 21.1 Å². The van der Waals surface area contributed by atoms with Crippen LogP contribution >= 0.6 is 11.6 Å². The molecule has 3 aromatic rings. The first-order valence-corrected chi connectivity index (χ1v) is 10.1. The lowest BCUT2D eigenvalue weighted by Crippen LogP contribution is -2.16. The summed E-state index contributed by atoms with van der Waals surface area (Å²) < 4.78 is 11.1. The van der Waals surface area contributed by atoms with Gasteiger partial charge in [-0.2, -0.15) is 9.97 Å². The molecule has 0 radical (unpaired) electrons. The van der Waals surface area contributed by atoms with Crippen LogP contribution in [0.4, 0.5) is 0 Å². The summed E-state index contributed by atoms with van der Waals surface area (Å²) in [6.07, 6.45) is -0.634. The Kier molecular flexibility index (Phi) is 6.58. The fourth-order valence-electron chi connectivity index (χ4n) is 2.67. The van der Waals surface area contributed by atoms with Crippen LogP contribution in [0.3, 0.4) is 0 Å². The van der Waals surface area contributed by atoms with Crippen molar-refractivity contribution in [1.82, 2.24) is 15.0 Å². The predicted octanol–water partition coefficient (Wildman–Crippen LogP) is 5.35. The second-order valence-corrected chi connectivity index (χ2v) is 8.67. The van der Waals surface area contributed by atoms with Gasteiger partial charge in [-0.15, -0.1) is 0 Å². The summed E-state index contributed by atoms with van der Waals surface area (Å²) in [5.41, 5.74) is 2.19. The molecule has 0 fully saturated rings. The van der Waals surface area contributed by atoms with Gasteiger partial charge in [0, 0.05) is 11.1 Å². The average Bonchev–Trinajstić information content (AvgIpc) is 2.72. The van der Waals surface area contributed by atoms with E-state index in [0.29, 0.717) is 28.8 Å². The van der Waals surface area contributed by atoms with Crippen LogP contribution in [0.5, 0.6) is 11.8 Å². The zero-order valence-electron chi connectivity index (χ0n) is 17.8. The molecule has 2 aromatic carbocycles. The maximum Gasteiger partial charge on any atom is 0.320 e.